The number of rotatable bonds is 3. The summed E-state index contributed by atoms with van der Waals surface area (Å²) >= 11 is 0. The lowest BCUT2D eigenvalue weighted by atomic mass is 10.3. The van der Waals surface area contributed by atoms with Crippen LogP contribution in [0.3, 0.4) is 0 Å². The van der Waals surface area contributed by atoms with Gasteiger partial charge in [0.1, 0.15) is 6.61 Å². The van der Waals surface area contributed by atoms with Crippen LogP contribution in [0, 0.1) is 0 Å². The smallest absolute Gasteiger partial charge is 0.276 e. The summed E-state index contributed by atoms with van der Waals surface area (Å²) < 4.78 is 9.85. The van der Waals surface area contributed by atoms with Gasteiger partial charge in [-0.25, -0.2) is 0 Å². The van der Waals surface area contributed by atoms with Crippen LogP contribution in [0.5, 0.6) is 0 Å². The first kappa shape index (κ1) is 12.6. The number of amides is 2. The second-order valence-electron chi connectivity index (χ2n) is 4.00. The standard InChI is InChI=1S/C11H15N3O4/c1-17-7-8-6-9(13-18-8)11(16)14-4-2-10(15)12-3-5-14/h6H,2-5,7H2,1H3,(H,12,15). The highest BCUT2D eigenvalue weighted by molar-refractivity contribution is 5.92. The van der Waals surface area contributed by atoms with E-state index in [1.165, 1.54) is 7.11 Å². The Balaban J connectivity index is 2.02. The predicted molar refractivity (Wildman–Crippen MR) is 60.7 cm³/mol. The van der Waals surface area contributed by atoms with Gasteiger partial charge in [-0.15, -0.1) is 0 Å². The quantitative estimate of drug-likeness (QED) is 0.805. The maximum absolute atomic E-state index is 12.1. The third kappa shape index (κ3) is 2.86. The second kappa shape index (κ2) is 5.63. The molecule has 2 amide bonds. The van der Waals surface area contributed by atoms with Gasteiger partial charge >= 0.3 is 0 Å². The summed E-state index contributed by atoms with van der Waals surface area (Å²) in [6.07, 6.45) is 0.314. The molecule has 0 unspecified atom stereocenters. The Morgan fingerprint density at radius 3 is 3.22 bits per heavy atom. The number of nitrogens with one attached hydrogen (secondary N) is 1. The van der Waals surface area contributed by atoms with Crippen LogP contribution in [0.1, 0.15) is 22.7 Å². The van der Waals surface area contributed by atoms with Crippen molar-refractivity contribution in [2.45, 2.75) is 13.0 Å². The number of aromatic nitrogens is 1. The van der Waals surface area contributed by atoms with Crippen LogP contribution >= 0.6 is 0 Å². The molecule has 1 saturated heterocycles. The fourth-order valence-electron chi connectivity index (χ4n) is 1.76. The maximum atomic E-state index is 12.1. The van der Waals surface area contributed by atoms with E-state index in [1.54, 1.807) is 11.0 Å². The van der Waals surface area contributed by atoms with Gasteiger partial charge in [0, 0.05) is 39.2 Å². The van der Waals surface area contributed by atoms with Gasteiger partial charge in [-0.3, -0.25) is 9.59 Å². The van der Waals surface area contributed by atoms with E-state index in [2.05, 4.69) is 10.5 Å². The molecule has 1 aromatic heterocycles. The summed E-state index contributed by atoms with van der Waals surface area (Å²) in [6, 6.07) is 1.56. The van der Waals surface area contributed by atoms with E-state index in [0.717, 1.165) is 0 Å². The number of carbonyl (C=O) groups is 2. The molecule has 0 saturated carbocycles. The highest BCUT2D eigenvalue weighted by Gasteiger charge is 2.22. The van der Waals surface area contributed by atoms with Crippen LogP contribution in [-0.4, -0.2) is 48.6 Å². The highest BCUT2D eigenvalue weighted by atomic mass is 16.5. The Kier molecular flexibility index (Phi) is 3.93. The first-order valence-corrected chi connectivity index (χ1v) is 5.71. The van der Waals surface area contributed by atoms with E-state index in [4.69, 9.17) is 9.26 Å². The highest BCUT2D eigenvalue weighted by Crippen LogP contribution is 2.09. The summed E-state index contributed by atoms with van der Waals surface area (Å²) in [5.74, 6) is 0.244. The normalized spacial score (nSPS) is 16.3. The van der Waals surface area contributed by atoms with Crippen molar-refractivity contribution in [2.75, 3.05) is 26.7 Å². The molecule has 18 heavy (non-hydrogen) atoms. The molecular weight excluding hydrogens is 238 g/mol. The minimum Gasteiger partial charge on any atom is -0.377 e. The van der Waals surface area contributed by atoms with Crippen LogP contribution < -0.4 is 5.32 Å². The van der Waals surface area contributed by atoms with Crippen molar-refractivity contribution in [3.8, 4) is 0 Å². The molecular formula is C11H15N3O4. The molecule has 0 radical (unpaired) electrons. The molecule has 2 heterocycles. The van der Waals surface area contributed by atoms with Crippen molar-refractivity contribution >= 4 is 11.8 Å². The summed E-state index contributed by atoms with van der Waals surface area (Å²) in [6.45, 7) is 1.63. The molecule has 1 aliphatic rings. The average Bonchev–Trinajstić information content (AvgIpc) is 2.71. The van der Waals surface area contributed by atoms with E-state index < -0.39 is 0 Å². The van der Waals surface area contributed by atoms with Crippen molar-refractivity contribution in [2.24, 2.45) is 0 Å². The lowest BCUT2D eigenvalue weighted by Gasteiger charge is -2.17. The zero-order valence-corrected chi connectivity index (χ0v) is 10.1. The maximum Gasteiger partial charge on any atom is 0.276 e. The molecule has 0 bridgehead atoms. The summed E-state index contributed by atoms with van der Waals surface area (Å²) in [7, 11) is 1.54. The predicted octanol–water partition coefficient (Wildman–Crippen LogP) is -0.217. The molecule has 0 atom stereocenters. The number of nitrogens with zero attached hydrogens (tertiary/aromatic N) is 2. The van der Waals surface area contributed by atoms with E-state index in [-0.39, 0.29) is 24.1 Å². The van der Waals surface area contributed by atoms with Crippen molar-refractivity contribution in [3.05, 3.63) is 17.5 Å². The van der Waals surface area contributed by atoms with Crippen LogP contribution in [0.2, 0.25) is 0 Å². The Morgan fingerprint density at radius 2 is 2.44 bits per heavy atom. The van der Waals surface area contributed by atoms with Gasteiger partial charge in [0.05, 0.1) is 0 Å². The van der Waals surface area contributed by atoms with Crippen molar-refractivity contribution in [1.29, 1.82) is 0 Å². The SMILES string of the molecule is COCc1cc(C(=O)N2CCNC(=O)CC2)no1. The molecule has 0 aromatic carbocycles. The third-order valence-corrected chi connectivity index (χ3v) is 2.66. The molecule has 1 aliphatic heterocycles. The molecule has 7 heteroatoms. The summed E-state index contributed by atoms with van der Waals surface area (Å²) in [5.41, 5.74) is 0.247. The van der Waals surface area contributed by atoms with Crippen LogP contribution in [0.15, 0.2) is 10.6 Å². The lowest BCUT2D eigenvalue weighted by Crippen LogP contribution is -2.34. The van der Waals surface area contributed by atoms with Gasteiger partial charge < -0.3 is 19.5 Å². The summed E-state index contributed by atoms with van der Waals surface area (Å²) in [4.78, 5) is 24.9. The molecule has 1 N–H and O–H groups in total. The fourth-order valence-corrected chi connectivity index (χ4v) is 1.76. The van der Waals surface area contributed by atoms with Gasteiger partial charge in [0.25, 0.3) is 5.91 Å². The van der Waals surface area contributed by atoms with E-state index in [1.807, 2.05) is 0 Å². The van der Waals surface area contributed by atoms with Crippen molar-refractivity contribution in [3.63, 3.8) is 0 Å². The van der Waals surface area contributed by atoms with Crippen LogP contribution in [0.4, 0.5) is 0 Å². The van der Waals surface area contributed by atoms with E-state index >= 15 is 0 Å². The van der Waals surface area contributed by atoms with Gasteiger partial charge in [-0.05, 0) is 0 Å². The Labute approximate surface area is 104 Å². The van der Waals surface area contributed by atoms with Crippen LogP contribution in [-0.2, 0) is 16.1 Å². The first-order valence-electron chi connectivity index (χ1n) is 5.71. The number of carbonyl (C=O) groups excluding carboxylic acids is 2. The Morgan fingerprint density at radius 1 is 1.61 bits per heavy atom. The van der Waals surface area contributed by atoms with E-state index in [0.29, 0.717) is 31.8 Å². The third-order valence-electron chi connectivity index (χ3n) is 2.66. The number of hydrogen-bond acceptors (Lipinski definition) is 5. The molecule has 1 aromatic rings. The van der Waals surface area contributed by atoms with Crippen molar-refractivity contribution < 1.29 is 18.8 Å². The Hall–Kier alpha value is -1.89. The number of ether oxygens (including phenoxy) is 1. The van der Waals surface area contributed by atoms with Gasteiger partial charge in [-0.2, -0.15) is 0 Å². The first-order chi connectivity index (χ1) is 8.70. The molecule has 0 spiro atoms. The second-order valence-corrected chi connectivity index (χ2v) is 4.00. The average molecular weight is 253 g/mol. The Bertz CT molecular complexity index is 443. The molecule has 2 rings (SSSR count). The molecule has 1 fully saturated rings. The van der Waals surface area contributed by atoms with Gasteiger partial charge in [-0.1, -0.05) is 5.16 Å². The fraction of sp³-hybridized carbons (Fsp3) is 0.545. The van der Waals surface area contributed by atoms with Crippen molar-refractivity contribution in [1.82, 2.24) is 15.4 Å². The van der Waals surface area contributed by atoms with E-state index in [9.17, 15) is 9.59 Å². The topological polar surface area (TPSA) is 84.7 Å². The minimum atomic E-state index is -0.224. The molecule has 7 nitrogen and oxygen atoms in total. The van der Waals surface area contributed by atoms with Gasteiger partial charge in [0.2, 0.25) is 5.91 Å². The zero-order chi connectivity index (χ0) is 13.0. The summed E-state index contributed by atoms with van der Waals surface area (Å²) in [5, 5.41) is 6.42. The zero-order valence-electron chi connectivity index (χ0n) is 10.1. The minimum absolute atomic E-state index is 0.0366. The molecule has 0 aliphatic carbocycles. The largest absolute Gasteiger partial charge is 0.377 e. The van der Waals surface area contributed by atoms with Crippen LogP contribution in [0.25, 0.3) is 0 Å². The van der Waals surface area contributed by atoms with Gasteiger partial charge in [0.15, 0.2) is 11.5 Å². The molecule has 98 valence electrons. The lowest BCUT2D eigenvalue weighted by molar-refractivity contribution is -0.120. The number of hydrogen-bond donors (Lipinski definition) is 1. The monoisotopic (exact) mass is 253 g/mol. The number of methoxy groups -OCH3 is 1.